The number of fused-ring (bicyclic) bond motifs is 1. The number of nitriles is 3. The van der Waals surface area contributed by atoms with E-state index in [4.69, 9.17) is 10.5 Å². The monoisotopic (exact) mass is 369 g/mol. The van der Waals surface area contributed by atoms with Gasteiger partial charge in [0.25, 0.3) is 0 Å². The number of para-hydroxylation sites is 1. The van der Waals surface area contributed by atoms with Gasteiger partial charge in [0, 0.05) is 28.9 Å². The highest BCUT2D eigenvalue weighted by Gasteiger charge is 2.43. The van der Waals surface area contributed by atoms with Crippen LogP contribution in [-0.2, 0) is 5.41 Å². The fourth-order valence-corrected chi connectivity index (χ4v) is 3.74. The summed E-state index contributed by atoms with van der Waals surface area (Å²) in [5, 5.41) is 27.6. The minimum atomic E-state index is -0.840. The van der Waals surface area contributed by atoms with Crippen molar-refractivity contribution in [2.24, 2.45) is 5.92 Å². The van der Waals surface area contributed by atoms with Crippen LogP contribution in [0.25, 0.3) is 0 Å². The van der Waals surface area contributed by atoms with Crippen LogP contribution >= 0.6 is 0 Å². The summed E-state index contributed by atoms with van der Waals surface area (Å²) in [7, 11) is 1.93. The van der Waals surface area contributed by atoms with E-state index in [1.807, 2.05) is 29.8 Å². The summed E-state index contributed by atoms with van der Waals surface area (Å²) in [6, 6.07) is 13.6. The molecule has 0 N–H and O–H groups in total. The predicted octanol–water partition coefficient (Wildman–Crippen LogP) is 4.53. The maximum absolute atomic E-state index is 14.7. The minimum absolute atomic E-state index is 0.158. The lowest BCUT2D eigenvalue weighted by atomic mass is 9.80. The van der Waals surface area contributed by atoms with Crippen molar-refractivity contribution in [1.82, 2.24) is 0 Å². The van der Waals surface area contributed by atoms with Gasteiger partial charge in [-0.15, -0.1) is 0 Å². The van der Waals surface area contributed by atoms with Crippen molar-refractivity contribution in [3.8, 4) is 18.2 Å². The van der Waals surface area contributed by atoms with Gasteiger partial charge in [0.2, 0.25) is 5.69 Å². The molecule has 1 aromatic rings. The van der Waals surface area contributed by atoms with Gasteiger partial charge in [-0.3, -0.25) is 0 Å². The molecule has 1 heterocycles. The molecule has 1 atom stereocenters. The second-order valence-corrected chi connectivity index (χ2v) is 7.22. The lowest BCUT2D eigenvalue weighted by Crippen LogP contribution is -2.27. The number of nitrogens with zero attached hydrogens (tertiary/aromatic N) is 4. The molecule has 0 fully saturated rings. The van der Waals surface area contributed by atoms with Crippen LogP contribution in [0.4, 0.5) is 10.1 Å². The van der Waals surface area contributed by atoms with Crippen LogP contribution in [0.15, 0.2) is 71.1 Å². The van der Waals surface area contributed by atoms with Crippen LogP contribution in [0.2, 0.25) is 0 Å². The Bertz CT molecular complexity index is 1120. The lowest BCUT2D eigenvalue weighted by molar-refractivity contribution is -0.401. The molecule has 0 aromatic heterocycles. The third kappa shape index (κ3) is 2.96. The van der Waals surface area contributed by atoms with Crippen molar-refractivity contribution >= 4 is 11.4 Å². The Balaban J connectivity index is 2.06. The van der Waals surface area contributed by atoms with Gasteiger partial charge in [0.1, 0.15) is 30.6 Å². The maximum Gasteiger partial charge on any atom is 0.209 e. The minimum Gasteiger partial charge on any atom is -0.211 e. The van der Waals surface area contributed by atoms with Crippen molar-refractivity contribution in [2.75, 3.05) is 7.05 Å². The Morgan fingerprint density at radius 1 is 1.14 bits per heavy atom. The molecule has 4 nitrogen and oxygen atoms in total. The van der Waals surface area contributed by atoms with E-state index in [0.29, 0.717) is 0 Å². The van der Waals surface area contributed by atoms with Gasteiger partial charge in [-0.05, 0) is 19.9 Å². The topological polar surface area (TPSA) is 74.4 Å². The summed E-state index contributed by atoms with van der Waals surface area (Å²) >= 11 is 0. The van der Waals surface area contributed by atoms with Crippen molar-refractivity contribution < 1.29 is 8.97 Å². The summed E-state index contributed by atoms with van der Waals surface area (Å²) in [5.74, 6) is -1.40. The molecule has 28 heavy (non-hydrogen) atoms. The SMILES string of the molecule is C[N+]1=C(/C=C(\C#N)C2C=CC(=C(C#N)C#N)C=C2F)C(C)(C)c2ccccc21. The summed E-state index contributed by atoms with van der Waals surface area (Å²) in [4.78, 5) is 0. The maximum atomic E-state index is 14.7. The van der Waals surface area contributed by atoms with Gasteiger partial charge in [0.15, 0.2) is 5.71 Å². The van der Waals surface area contributed by atoms with E-state index in [2.05, 4.69) is 26.0 Å². The van der Waals surface area contributed by atoms with Crippen LogP contribution in [0.1, 0.15) is 19.4 Å². The first-order chi connectivity index (χ1) is 13.3. The normalized spacial score (nSPS) is 20.0. The van der Waals surface area contributed by atoms with Crippen molar-refractivity contribution in [3.05, 3.63) is 76.7 Å². The molecule has 0 radical (unpaired) electrons. The molecule has 1 aromatic carbocycles. The van der Waals surface area contributed by atoms with E-state index in [1.165, 1.54) is 12.2 Å². The molecule has 1 aliphatic heterocycles. The smallest absolute Gasteiger partial charge is 0.209 e. The van der Waals surface area contributed by atoms with E-state index in [9.17, 15) is 9.65 Å². The Labute approximate surface area is 163 Å². The zero-order valence-electron chi connectivity index (χ0n) is 15.9. The fourth-order valence-electron chi connectivity index (χ4n) is 3.74. The number of hydrogen-bond acceptors (Lipinski definition) is 3. The Hall–Kier alpha value is -3.75. The van der Waals surface area contributed by atoms with Gasteiger partial charge < -0.3 is 0 Å². The van der Waals surface area contributed by atoms with E-state index in [-0.39, 0.29) is 22.1 Å². The number of benzene rings is 1. The van der Waals surface area contributed by atoms with Gasteiger partial charge in [-0.2, -0.15) is 20.4 Å². The fraction of sp³-hybridized carbons (Fsp3) is 0.217. The summed E-state index contributed by atoms with van der Waals surface area (Å²) in [6.07, 6.45) is 5.93. The van der Waals surface area contributed by atoms with Crippen LogP contribution < -0.4 is 0 Å². The first-order valence-electron chi connectivity index (χ1n) is 8.77. The molecule has 1 unspecified atom stereocenters. The second kappa shape index (κ2) is 7.10. The van der Waals surface area contributed by atoms with E-state index >= 15 is 0 Å². The molecule has 0 saturated heterocycles. The number of halogens is 1. The van der Waals surface area contributed by atoms with Gasteiger partial charge >= 0.3 is 0 Å². The Kier molecular flexibility index (Phi) is 4.83. The standard InChI is InChI=1S/C23H18FN4/c1-23(2)19-6-4-5-7-21(19)28(3)22(23)11-16(12-25)18-9-8-15(10-20(18)24)17(13-26)14-27/h4-11,18H,1-3H3/q+1/b16-11+. The third-order valence-electron chi connectivity index (χ3n) is 5.27. The van der Waals surface area contributed by atoms with Crippen molar-refractivity contribution in [3.63, 3.8) is 0 Å². The van der Waals surface area contributed by atoms with E-state index in [1.54, 1.807) is 18.2 Å². The largest absolute Gasteiger partial charge is 0.211 e. The Morgan fingerprint density at radius 2 is 1.82 bits per heavy atom. The molecule has 0 bridgehead atoms. The predicted molar refractivity (Wildman–Crippen MR) is 104 cm³/mol. The van der Waals surface area contributed by atoms with Gasteiger partial charge in [0.05, 0.1) is 17.4 Å². The average molecular weight is 369 g/mol. The van der Waals surface area contributed by atoms with Crippen molar-refractivity contribution in [2.45, 2.75) is 19.3 Å². The van der Waals surface area contributed by atoms with E-state index < -0.39 is 11.7 Å². The number of hydrogen-bond donors (Lipinski definition) is 0. The second-order valence-electron chi connectivity index (χ2n) is 7.22. The van der Waals surface area contributed by atoms with Crippen molar-refractivity contribution in [1.29, 1.82) is 15.8 Å². The highest BCUT2D eigenvalue weighted by Crippen LogP contribution is 2.40. The molecule has 0 spiro atoms. The van der Waals surface area contributed by atoms with Crippen LogP contribution in [0.3, 0.4) is 0 Å². The van der Waals surface area contributed by atoms with Crippen LogP contribution in [0, 0.1) is 39.9 Å². The first-order valence-corrected chi connectivity index (χ1v) is 8.77. The van der Waals surface area contributed by atoms with Crippen LogP contribution in [-0.4, -0.2) is 17.3 Å². The molecule has 1 aliphatic carbocycles. The Morgan fingerprint density at radius 3 is 2.39 bits per heavy atom. The van der Waals surface area contributed by atoms with E-state index in [0.717, 1.165) is 23.0 Å². The molecule has 5 heteroatoms. The lowest BCUT2D eigenvalue weighted by Gasteiger charge is -2.18. The molecular weight excluding hydrogens is 351 g/mol. The zero-order chi connectivity index (χ0) is 20.5. The molecule has 136 valence electrons. The first kappa shape index (κ1) is 19.0. The highest BCUT2D eigenvalue weighted by atomic mass is 19.1. The number of rotatable bonds is 2. The summed E-state index contributed by atoms with van der Waals surface area (Å²) in [5.41, 5.74) is 3.11. The average Bonchev–Trinajstić information content (AvgIpc) is 2.88. The van der Waals surface area contributed by atoms with Crippen LogP contribution in [0.5, 0.6) is 0 Å². The molecule has 0 saturated carbocycles. The summed E-state index contributed by atoms with van der Waals surface area (Å²) < 4.78 is 16.8. The highest BCUT2D eigenvalue weighted by molar-refractivity contribution is 6.03. The quantitative estimate of drug-likeness (QED) is 0.568. The molecule has 3 rings (SSSR count). The zero-order valence-corrected chi connectivity index (χ0v) is 15.9. The van der Waals surface area contributed by atoms with Gasteiger partial charge in [-0.1, -0.05) is 30.4 Å². The molecule has 0 amide bonds. The molecular formula is C23H18FN4+. The third-order valence-corrected chi connectivity index (χ3v) is 5.27. The molecule has 2 aliphatic rings. The number of allylic oxidation sites excluding steroid dienone is 8. The summed E-state index contributed by atoms with van der Waals surface area (Å²) in [6.45, 7) is 4.15. The van der Waals surface area contributed by atoms with Gasteiger partial charge in [-0.25, -0.2) is 4.39 Å².